The minimum absolute atomic E-state index is 0.774. The van der Waals surface area contributed by atoms with Gasteiger partial charge in [-0.1, -0.05) is 97.1 Å². The number of benzene rings is 7. The summed E-state index contributed by atoms with van der Waals surface area (Å²) in [5, 5.41) is 8.72. The summed E-state index contributed by atoms with van der Waals surface area (Å²) < 4.78 is 10.7. The van der Waals surface area contributed by atoms with E-state index in [0.717, 1.165) is 50.3 Å². The van der Waals surface area contributed by atoms with Crippen LogP contribution >= 0.6 is 0 Å². The summed E-state index contributed by atoms with van der Waals surface area (Å²) in [5.74, 6) is 0.842. The first-order valence-corrected chi connectivity index (χ1v) is 14.6. The highest BCUT2D eigenvalue weighted by atomic mass is 16.3. The monoisotopic (exact) mass is 549 g/mol. The van der Waals surface area contributed by atoms with Gasteiger partial charge in [-0.15, -0.1) is 0 Å². The fraction of sp³-hybridized carbons (Fsp3) is 0. The molecule has 0 N–H and O–H groups in total. The molecule has 0 bridgehead atoms. The number of fused-ring (bicyclic) bond motifs is 13. The number of imidazole rings is 2. The highest BCUT2D eigenvalue weighted by Crippen LogP contribution is 2.38. The second-order valence-electron chi connectivity index (χ2n) is 11.2. The first kappa shape index (κ1) is 22.8. The van der Waals surface area contributed by atoms with Crippen LogP contribution in [0.2, 0.25) is 0 Å². The molecule has 0 aliphatic carbocycles. The van der Waals surface area contributed by atoms with Crippen LogP contribution in [0.4, 0.5) is 0 Å². The highest BCUT2D eigenvalue weighted by molar-refractivity contribution is 6.25. The average Bonchev–Trinajstić information content (AvgIpc) is 3.72. The van der Waals surface area contributed by atoms with E-state index in [0.29, 0.717) is 0 Å². The zero-order chi connectivity index (χ0) is 28.1. The van der Waals surface area contributed by atoms with Crippen LogP contribution in [0.3, 0.4) is 0 Å². The van der Waals surface area contributed by atoms with Crippen LogP contribution in [0.15, 0.2) is 144 Å². The van der Waals surface area contributed by atoms with Crippen LogP contribution in [0.5, 0.6) is 0 Å². The molecule has 0 saturated heterocycles. The van der Waals surface area contributed by atoms with Gasteiger partial charge in [-0.3, -0.25) is 4.57 Å². The Morgan fingerprint density at radius 2 is 1.07 bits per heavy atom. The van der Waals surface area contributed by atoms with Crippen molar-refractivity contribution in [3.05, 3.63) is 140 Å². The van der Waals surface area contributed by atoms with E-state index in [1.165, 1.54) is 37.9 Å². The van der Waals surface area contributed by atoms with Crippen molar-refractivity contribution >= 4 is 71.3 Å². The van der Waals surface area contributed by atoms with Crippen molar-refractivity contribution in [1.29, 1.82) is 0 Å². The number of para-hydroxylation sites is 3. The van der Waals surface area contributed by atoms with Crippen molar-refractivity contribution < 1.29 is 4.42 Å². The van der Waals surface area contributed by atoms with Crippen molar-refractivity contribution in [3.8, 4) is 16.8 Å². The van der Waals surface area contributed by atoms with Crippen molar-refractivity contribution in [1.82, 2.24) is 14.0 Å². The van der Waals surface area contributed by atoms with Crippen LogP contribution in [0.25, 0.3) is 88.1 Å². The second kappa shape index (κ2) is 8.34. The smallest absolute Gasteiger partial charge is 0.234 e. The Bertz CT molecular complexity index is 2710. The zero-order valence-electron chi connectivity index (χ0n) is 23.0. The van der Waals surface area contributed by atoms with Crippen LogP contribution in [-0.4, -0.2) is 14.0 Å². The number of rotatable bonds is 2. The Hall–Kier alpha value is -5.87. The molecule has 10 aromatic rings. The fourth-order valence-electron chi connectivity index (χ4n) is 7.00. The Labute approximate surface area is 245 Å². The summed E-state index contributed by atoms with van der Waals surface area (Å²) >= 11 is 0. The van der Waals surface area contributed by atoms with Gasteiger partial charge < -0.3 is 4.42 Å². The topological polar surface area (TPSA) is 35.4 Å². The van der Waals surface area contributed by atoms with Gasteiger partial charge in [0.15, 0.2) is 0 Å². The van der Waals surface area contributed by atoms with Crippen LogP contribution in [0, 0.1) is 0 Å². The van der Waals surface area contributed by atoms with E-state index < -0.39 is 0 Å². The third-order valence-electron chi connectivity index (χ3n) is 8.91. The van der Waals surface area contributed by atoms with Gasteiger partial charge in [-0.05, 0) is 85.9 Å². The molecule has 7 aromatic carbocycles. The summed E-state index contributed by atoms with van der Waals surface area (Å²) in [6.45, 7) is 0. The molecule has 0 aliphatic rings. The molecular weight excluding hydrogens is 526 g/mol. The number of hydrogen-bond donors (Lipinski definition) is 0. The SMILES string of the molecule is c1cc(-c2ccc3c4ccccc4c4ccccc4c3c2)cc(-n2c3ccccc3n3c4oc5ccccc5c4nc23)c1. The maximum atomic E-state index is 6.35. The highest BCUT2D eigenvalue weighted by Gasteiger charge is 2.21. The minimum Gasteiger partial charge on any atom is -0.437 e. The van der Waals surface area contributed by atoms with Crippen molar-refractivity contribution in [3.63, 3.8) is 0 Å². The summed E-state index contributed by atoms with van der Waals surface area (Å²) in [4.78, 5) is 5.16. The molecule has 3 heterocycles. The number of hydrogen-bond acceptors (Lipinski definition) is 2. The van der Waals surface area contributed by atoms with E-state index in [2.05, 4.69) is 130 Å². The molecule has 0 atom stereocenters. The van der Waals surface area contributed by atoms with E-state index in [1.54, 1.807) is 0 Å². The van der Waals surface area contributed by atoms with E-state index in [1.807, 2.05) is 18.2 Å². The second-order valence-corrected chi connectivity index (χ2v) is 11.2. The third kappa shape index (κ3) is 3.07. The minimum atomic E-state index is 0.774. The Kier molecular flexibility index (Phi) is 4.42. The van der Waals surface area contributed by atoms with Gasteiger partial charge >= 0.3 is 0 Å². The van der Waals surface area contributed by atoms with Gasteiger partial charge in [0.2, 0.25) is 11.5 Å². The van der Waals surface area contributed by atoms with Crippen molar-refractivity contribution in [2.45, 2.75) is 0 Å². The molecule has 4 heteroatoms. The molecule has 0 fully saturated rings. The third-order valence-corrected chi connectivity index (χ3v) is 8.91. The summed E-state index contributed by atoms with van der Waals surface area (Å²) in [5.41, 5.74) is 8.06. The van der Waals surface area contributed by atoms with E-state index in [9.17, 15) is 0 Å². The number of nitrogens with zero attached hydrogens (tertiary/aromatic N) is 3. The lowest BCUT2D eigenvalue weighted by Crippen LogP contribution is -1.95. The lowest BCUT2D eigenvalue weighted by molar-refractivity contribution is 0.651. The molecule has 4 nitrogen and oxygen atoms in total. The van der Waals surface area contributed by atoms with E-state index in [4.69, 9.17) is 9.40 Å². The molecular formula is C39H23N3O. The van der Waals surface area contributed by atoms with E-state index in [-0.39, 0.29) is 0 Å². The molecule has 10 rings (SSSR count). The predicted octanol–water partition coefficient (Wildman–Crippen LogP) is 10.3. The van der Waals surface area contributed by atoms with Gasteiger partial charge in [0.1, 0.15) is 11.1 Å². The standard InChI is InChI=1S/C39H23N3O/c1-2-14-29-27(12-1)28-13-3-4-15-30(28)33-23-25(20-21-31(29)33)24-10-9-11-26(22-24)41-34-17-6-7-18-35(34)42-38-37(40-39(41)42)32-16-5-8-19-36(32)43-38/h1-23H. The molecule has 43 heavy (non-hydrogen) atoms. The van der Waals surface area contributed by atoms with Crippen LogP contribution in [0.1, 0.15) is 0 Å². The average molecular weight is 550 g/mol. The maximum absolute atomic E-state index is 6.35. The van der Waals surface area contributed by atoms with Gasteiger partial charge in [-0.25, -0.2) is 9.38 Å². The fourth-order valence-corrected chi connectivity index (χ4v) is 7.00. The number of furan rings is 1. The van der Waals surface area contributed by atoms with Crippen LogP contribution < -0.4 is 0 Å². The van der Waals surface area contributed by atoms with Crippen LogP contribution in [-0.2, 0) is 0 Å². The van der Waals surface area contributed by atoms with Gasteiger partial charge in [0, 0.05) is 11.1 Å². The summed E-state index contributed by atoms with van der Waals surface area (Å²) in [6, 6.07) is 49.7. The molecule has 0 aliphatic heterocycles. The molecule has 3 aromatic heterocycles. The zero-order valence-corrected chi connectivity index (χ0v) is 23.0. The van der Waals surface area contributed by atoms with Gasteiger partial charge in [-0.2, -0.15) is 0 Å². The Morgan fingerprint density at radius 3 is 1.84 bits per heavy atom. The van der Waals surface area contributed by atoms with Gasteiger partial charge in [0.05, 0.1) is 11.0 Å². The predicted molar refractivity (Wildman–Crippen MR) is 177 cm³/mol. The maximum Gasteiger partial charge on any atom is 0.234 e. The molecule has 0 spiro atoms. The largest absolute Gasteiger partial charge is 0.437 e. The molecule has 0 saturated carbocycles. The molecule has 200 valence electrons. The molecule has 0 radical (unpaired) electrons. The first-order valence-electron chi connectivity index (χ1n) is 14.6. The van der Waals surface area contributed by atoms with Crippen molar-refractivity contribution in [2.75, 3.05) is 0 Å². The Balaban J connectivity index is 1.22. The van der Waals surface area contributed by atoms with Gasteiger partial charge in [0.25, 0.3) is 0 Å². The van der Waals surface area contributed by atoms with Crippen molar-refractivity contribution in [2.24, 2.45) is 0 Å². The number of aromatic nitrogens is 3. The summed E-state index contributed by atoms with van der Waals surface area (Å²) in [6.07, 6.45) is 0. The Morgan fingerprint density at radius 1 is 0.465 bits per heavy atom. The van der Waals surface area contributed by atoms with E-state index >= 15 is 0 Å². The quantitative estimate of drug-likeness (QED) is 0.201. The lowest BCUT2D eigenvalue weighted by atomic mass is 9.92. The summed E-state index contributed by atoms with van der Waals surface area (Å²) in [7, 11) is 0. The normalized spacial score (nSPS) is 12.2. The molecule has 0 unspecified atom stereocenters. The molecule has 0 amide bonds. The lowest BCUT2D eigenvalue weighted by Gasteiger charge is -2.13. The first-order chi connectivity index (χ1) is 21.3.